The van der Waals surface area contributed by atoms with E-state index in [2.05, 4.69) is 34.3 Å². The molecule has 0 atom stereocenters. The maximum atomic E-state index is 13.8. The summed E-state index contributed by atoms with van der Waals surface area (Å²) in [7, 11) is 0. The average molecular weight is 593 g/mol. The van der Waals surface area contributed by atoms with Crippen LogP contribution in [0, 0.1) is 18.3 Å². The lowest BCUT2D eigenvalue weighted by molar-refractivity contribution is 0.0675. The minimum atomic E-state index is -0.545. The Kier molecular flexibility index (Phi) is 9.61. The van der Waals surface area contributed by atoms with Crippen molar-refractivity contribution in [1.82, 2.24) is 5.32 Å². The van der Waals surface area contributed by atoms with Gasteiger partial charge in [-0.2, -0.15) is 5.26 Å². The molecule has 0 unspecified atom stereocenters. The fraction of sp³-hybridized carbons (Fsp3) is 0.417. The summed E-state index contributed by atoms with van der Waals surface area (Å²) in [6.45, 7) is 11.2. The highest BCUT2D eigenvalue weighted by Gasteiger charge is 2.34. The van der Waals surface area contributed by atoms with Crippen LogP contribution in [0.2, 0.25) is 0 Å². The van der Waals surface area contributed by atoms with E-state index >= 15 is 0 Å². The summed E-state index contributed by atoms with van der Waals surface area (Å²) >= 11 is 0. The molecule has 3 aliphatic heterocycles. The smallest absolute Gasteiger partial charge is 0.277 e. The van der Waals surface area contributed by atoms with Crippen LogP contribution in [-0.2, 0) is 19.7 Å². The van der Waals surface area contributed by atoms with Gasteiger partial charge in [0.15, 0.2) is 5.94 Å². The molecule has 0 saturated carbocycles. The van der Waals surface area contributed by atoms with E-state index in [1.165, 1.54) is 6.21 Å². The monoisotopic (exact) mass is 592 g/mol. The zero-order valence-electron chi connectivity index (χ0n) is 26.0. The number of rotatable bonds is 7. The lowest BCUT2D eigenvalue weighted by Gasteiger charge is -2.37. The zero-order chi connectivity index (χ0) is 31.3. The zero-order valence-corrected chi connectivity index (χ0v) is 26.0. The summed E-state index contributed by atoms with van der Waals surface area (Å²) in [4.78, 5) is 32.1. The average Bonchev–Trinajstić information content (AvgIpc) is 3.05. The van der Waals surface area contributed by atoms with Crippen molar-refractivity contribution in [3.8, 4) is 17.2 Å². The Morgan fingerprint density at radius 3 is 2.39 bits per heavy atom. The molecule has 3 heterocycles. The summed E-state index contributed by atoms with van der Waals surface area (Å²) in [5.74, 6) is 1.55. The Balaban J connectivity index is 1.57. The molecule has 0 aromatic heterocycles. The lowest BCUT2D eigenvalue weighted by Crippen LogP contribution is -2.40. The predicted octanol–water partition coefficient (Wildman–Crippen LogP) is 5.99. The van der Waals surface area contributed by atoms with Crippen LogP contribution in [0.1, 0.15) is 67.9 Å². The molecule has 0 radical (unpaired) electrons. The van der Waals surface area contributed by atoms with Gasteiger partial charge in [0.1, 0.15) is 5.70 Å². The van der Waals surface area contributed by atoms with E-state index < -0.39 is 5.41 Å². The van der Waals surface area contributed by atoms with Gasteiger partial charge >= 0.3 is 0 Å². The van der Waals surface area contributed by atoms with Crippen molar-refractivity contribution in [3.63, 3.8) is 0 Å². The van der Waals surface area contributed by atoms with Crippen molar-refractivity contribution < 1.29 is 19.1 Å². The third-order valence-corrected chi connectivity index (χ3v) is 9.09. The van der Waals surface area contributed by atoms with Crippen molar-refractivity contribution in [2.45, 2.75) is 64.8 Å². The van der Waals surface area contributed by atoms with Gasteiger partial charge in [-0.1, -0.05) is 24.3 Å². The largest absolute Gasteiger partial charge is 0.381 e. The number of dihydropyridines is 1. The fourth-order valence-corrected chi connectivity index (χ4v) is 6.51. The van der Waals surface area contributed by atoms with Gasteiger partial charge in [-0.25, -0.2) is 9.79 Å². The molecule has 0 bridgehead atoms. The molecule has 3 aliphatic rings. The molecule has 44 heavy (non-hydrogen) atoms. The van der Waals surface area contributed by atoms with Gasteiger partial charge < -0.3 is 19.7 Å². The number of hydrogen-bond acceptors (Lipinski definition) is 7. The first-order chi connectivity index (χ1) is 21.3. The molecule has 5 rings (SSSR count). The third kappa shape index (κ3) is 6.32. The van der Waals surface area contributed by atoms with Crippen LogP contribution >= 0.6 is 0 Å². The normalized spacial score (nSPS) is 18.8. The molecule has 1 N–H and O–H groups in total. The molecule has 8 nitrogen and oxygen atoms in total. The van der Waals surface area contributed by atoms with Crippen LogP contribution in [0.5, 0.6) is 0 Å². The summed E-state index contributed by atoms with van der Waals surface area (Å²) in [5.41, 5.74) is 7.14. The van der Waals surface area contributed by atoms with Crippen LogP contribution in [0.25, 0.3) is 11.1 Å². The lowest BCUT2D eigenvalue weighted by atomic mass is 9.75. The number of allylic oxidation sites excluding steroid dienone is 4. The minimum Gasteiger partial charge on any atom is -0.381 e. The summed E-state index contributed by atoms with van der Waals surface area (Å²) in [6, 6.07) is 15.1. The van der Waals surface area contributed by atoms with Gasteiger partial charge in [0.2, 0.25) is 0 Å². The molecular formula is C36H40N4O4. The van der Waals surface area contributed by atoms with E-state index in [0.29, 0.717) is 56.4 Å². The predicted molar refractivity (Wildman–Crippen MR) is 172 cm³/mol. The van der Waals surface area contributed by atoms with Crippen LogP contribution in [0.4, 0.5) is 5.69 Å². The second kappa shape index (κ2) is 13.6. The van der Waals surface area contributed by atoms with E-state index in [1.807, 2.05) is 63.1 Å². The van der Waals surface area contributed by atoms with Crippen molar-refractivity contribution in [3.05, 3.63) is 81.7 Å². The number of ether oxygens (including phenoxy) is 2. The number of carbonyl (C=O) groups is 1. The Bertz CT molecular complexity index is 1590. The number of aliphatic imine (C=N–C) groups is 1. The number of amides is 1. The molecule has 228 valence electrons. The Morgan fingerprint density at radius 2 is 1.75 bits per heavy atom. The van der Waals surface area contributed by atoms with E-state index in [9.17, 15) is 14.9 Å². The fourth-order valence-electron chi connectivity index (χ4n) is 6.51. The molecule has 2 fully saturated rings. The number of nitriles is 1. The topological polar surface area (TPSA) is 104 Å². The summed E-state index contributed by atoms with van der Waals surface area (Å²) in [6.07, 6.45) is 6.55. The highest BCUT2D eigenvalue weighted by Crippen LogP contribution is 2.37. The standard InChI is InChI=1S/C36H40N4O4/c1-5-40(30-10-14-43-15-11-30)34-20-28(27-6-8-29(9-7-27)36(23-37)12-16-44-17-13-36)19-31(26(34)4)35(42)38-21-32-24(2)18-25(3)39-33(32)22-41/h6-9,18-21,30,39H,5,10-17H2,1-4H3. The molecule has 1 amide bonds. The molecule has 2 saturated heterocycles. The number of hydrogen-bond donors (Lipinski definition) is 1. The molecule has 2 aromatic rings. The molecule has 8 heteroatoms. The van der Waals surface area contributed by atoms with Crippen LogP contribution < -0.4 is 10.2 Å². The van der Waals surface area contributed by atoms with Crippen molar-refractivity contribution in [2.24, 2.45) is 4.99 Å². The maximum Gasteiger partial charge on any atom is 0.277 e. The van der Waals surface area contributed by atoms with Gasteiger partial charge in [-0.15, -0.1) is 0 Å². The Labute approximate surface area is 259 Å². The first-order valence-corrected chi connectivity index (χ1v) is 15.4. The maximum absolute atomic E-state index is 13.8. The summed E-state index contributed by atoms with van der Waals surface area (Å²) < 4.78 is 11.2. The SMILES string of the molecule is CCN(c1cc(-c2ccc(C3(C#N)CCOCC3)cc2)cc(C(=O)N=CC2=C(C)C=C(C)NC2=C=O)c1C)C1CCOCC1. The summed E-state index contributed by atoms with van der Waals surface area (Å²) in [5, 5.41) is 13.1. The van der Waals surface area contributed by atoms with E-state index in [-0.39, 0.29) is 11.6 Å². The number of benzene rings is 2. The van der Waals surface area contributed by atoms with E-state index in [4.69, 9.17) is 9.47 Å². The number of nitrogens with zero attached hydrogens (tertiary/aromatic N) is 3. The van der Waals surface area contributed by atoms with Gasteiger partial charge in [0.05, 0.1) is 11.5 Å². The number of carbonyl (C=O) groups excluding carboxylic acids is 2. The highest BCUT2D eigenvalue weighted by molar-refractivity contribution is 6.06. The van der Waals surface area contributed by atoms with Gasteiger partial charge in [-0.05, 0) is 99.4 Å². The molecule has 2 aromatic carbocycles. The second-order valence-corrected chi connectivity index (χ2v) is 11.8. The minimum absolute atomic E-state index is 0.265. The van der Waals surface area contributed by atoms with Crippen LogP contribution in [0.3, 0.4) is 0 Å². The number of nitrogens with one attached hydrogen (secondary N) is 1. The molecule has 0 spiro atoms. The Hall–Kier alpha value is -4.28. The van der Waals surface area contributed by atoms with Gasteiger partial charge in [-0.3, -0.25) is 4.79 Å². The van der Waals surface area contributed by atoms with Gasteiger partial charge in [0, 0.05) is 67.7 Å². The van der Waals surface area contributed by atoms with Crippen molar-refractivity contribution in [2.75, 3.05) is 37.9 Å². The van der Waals surface area contributed by atoms with Crippen molar-refractivity contribution in [1.29, 1.82) is 5.26 Å². The van der Waals surface area contributed by atoms with Gasteiger partial charge in [0.25, 0.3) is 5.91 Å². The second-order valence-electron chi connectivity index (χ2n) is 11.8. The van der Waals surface area contributed by atoms with Crippen molar-refractivity contribution >= 4 is 23.8 Å². The quantitative estimate of drug-likeness (QED) is 0.311. The van der Waals surface area contributed by atoms with E-state index in [1.54, 1.807) is 0 Å². The third-order valence-electron chi connectivity index (χ3n) is 9.09. The molecule has 0 aliphatic carbocycles. The molecular weight excluding hydrogens is 552 g/mol. The Morgan fingerprint density at radius 1 is 1.07 bits per heavy atom. The van der Waals surface area contributed by atoms with Crippen LogP contribution in [0.15, 0.2) is 70.0 Å². The van der Waals surface area contributed by atoms with E-state index in [0.717, 1.165) is 58.6 Å². The highest BCUT2D eigenvalue weighted by atomic mass is 16.5. The van der Waals surface area contributed by atoms with Crippen LogP contribution in [-0.4, -0.2) is 57.1 Å². The number of anilines is 1. The first kappa shape index (κ1) is 31.2. The first-order valence-electron chi connectivity index (χ1n) is 15.4.